The van der Waals surface area contributed by atoms with E-state index in [2.05, 4.69) is 4.52 Å². The maximum absolute atomic E-state index is 11.4. The number of halogens is 3. The molecule has 0 aliphatic heterocycles. The molecule has 0 heterocycles. The molecule has 9 heteroatoms. The minimum absolute atomic E-state index is 0.110. The number of rotatable bonds is 6. The first-order valence-electron chi connectivity index (χ1n) is 4.76. The van der Waals surface area contributed by atoms with Gasteiger partial charge >= 0.3 is 20.0 Å². The van der Waals surface area contributed by atoms with Crippen LogP contribution in [-0.2, 0) is 18.6 Å². The van der Waals surface area contributed by atoms with Crippen LogP contribution < -0.4 is 0 Å². The predicted octanol–water partition coefficient (Wildman–Crippen LogP) is 3.47. The van der Waals surface area contributed by atoms with Crippen molar-refractivity contribution in [2.45, 2.75) is 42.7 Å². The number of unbranched alkanes of at least 4 members (excludes halogenated alkanes) is 1. The summed E-state index contributed by atoms with van der Waals surface area (Å²) in [5.74, 6) is -2.78. The van der Waals surface area contributed by atoms with Crippen molar-refractivity contribution in [3.8, 4) is 0 Å². The van der Waals surface area contributed by atoms with Crippen LogP contribution >= 0.6 is 43.1 Å². The van der Waals surface area contributed by atoms with E-state index in [1.165, 1.54) is 0 Å². The summed E-state index contributed by atoms with van der Waals surface area (Å²) in [6, 6.07) is 0. The van der Waals surface area contributed by atoms with E-state index in [0.717, 1.165) is 13.3 Å². The zero-order valence-corrected chi connectivity index (χ0v) is 12.4. The van der Waals surface area contributed by atoms with Gasteiger partial charge in [-0.3, -0.25) is 4.79 Å². The summed E-state index contributed by atoms with van der Waals surface area (Å²) in [6.07, 6.45) is 1.49. The molecule has 0 fully saturated rings. The molecule has 0 aliphatic carbocycles. The number of esters is 1. The minimum atomic E-state index is -3.08. The molecule has 0 saturated heterocycles. The van der Waals surface area contributed by atoms with E-state index >= 15 is 0 Å². The molecule has 0 radical (unpaired) electrons. The molecular formula is C8H13Cl3O5P+. The number of ether oxygens (including phenoxy) is 1. The standard InChI is InChI=1S/C8H12Cl3O5P/c1-3-4-5-6(12)15-7(2,8(9,10)11)16-17(13)14/h3-5H2,1-2H3/p+1. The Morgan fingerprint density at radius 2 is 1.94 bits per heavy atom. The molecule has 0 aliphatic rings. The fraction of sp³-hybridized carbons (Fsp3) is 0.875. The van der Waals surface area contributed by atoms with Gasteiger partial charge < -0.3 is 4.74 Å². The van der Waals surface area contributed by atoms with E-state index in [9.17, 15) is 9.36 Å². The van der Waals surface area contributed by atoms with Gasteiger partial charge in [0.05, 0.1) is 0 Å². The third kappa shape index (κ3) is 6.18. The number of carbonyl (C=O) groups excluding carboxylic acids is 1. The highest BCUT2D eigenvalue weighted by Gasteiger charge is 2.56. The molecule has 17 heavy (non-hydrogen) atoms. The topological polar surface area (TPSA) is 72.8 Å². The van der Waals surface area contributed by atoms with Crippen LogP contribution in [0.1, 0.15) is 33.1 Å². The summed E-state index contributed by atoms with van der Waals surface area (Å²) in [5.41, 5.74) is 0. The molecular weight excluding hydrogens is 313 g/mol. The Labute approximate surface area is 115 Å². The fourth-order valence-electron chi connectivity index (χ4n) is 0.867. The highest BCUT2D eigenvalue weighted by molar-refractivity contribution is 7.32. The van der Waals surface area contributed by atoms with Crippen molar-refractivity contribution in [2.75, 3.05) is 0 Å². The van der Waals surface area contributed by atoms with E-state index in [4.69, 9.17) is 44.4 Å². The molecule has 0 saturated carbocycles. The first-order chi connectivity index (χ1) is 7.62. The molecule has 100 valence electrons. The quantitative estimate of drug-likeness (QED) is 0.350. The maximum atomic E-state index is 11.4. The monoisotopic (exact) mass is 325 g/mol. The third-order valence-electron chi connectivity index (χ3n) is 1.81. The average molecular weight is 327 g/mol. The number of alkyl halides is 3. The van der Waals surface area contributed by atoms with Crippen molar-refractivity contribution in [1.29, 1.82) is 0 Å². The smallest absolute Gasteiger partial charge is 0.424 e. The van der Waals surface area contributed by atoms with E-state index in [-0.39, 0.29) is 6.42 Å². The predicted molar refractivity (Wildman–Crippen MR) is 65.2 cm³/mol. The minimum Gasteiger partial charge on any atom is -0.424 e. The van der Waals surface area contributed by atoms with E-state index in [1.54, 1.807) is 0 Å². The summed E-state index contributed by atoms with van der Waals surface area (Å²) in [7, 11) is -3.08. The van der Waals surface area contributed by atoms with Crippen molar-refractivity contribution < 1.29 is 23.5 Å². The second-order valence-electron chi connectivity index (χ2n) is 3.35. The van der Waals surface area contributed by atoms with Crippen LogP contribution in [0.4, 0.5) is 0 Å². The zero-order chi connectivity index (χ0) is 13.7. The van der Waals surface area contributed by atoms with Crippen molar-refractivity contribution in [3.05, 3.63) is 0 Å². The van der Waals surface area contributed by atoms with Crippen LogP contribution in [0.5, 0.6) is 0 Å². The lowest BCUT2D eigenvalue weighted by molar-refractivity contribution is -0.191. The van der Waals surface area contributed by atoms with E-state index in [1.807, 2.05) is 6.92 Å². The summed E-state index contributed by atoms with van der Waals surface area (Å²) in [5, 5.41) is 0. The van der Waals surface area contributed by atoms with Crippen LogP contribution in [-0.4, -0.2) is 20.4 Å². The first-order valence-corrected chi connectivity index (χ1v) is 7.02. The molecule has 2 atom stereocenters. The lowest BCUT2D eigenvalue weighted by Crippen LogP contribution is -2.45. The van der Waals surface area contributed by atoms with Gasteiger partial charge in [-0.2, -0.15) is 0 Å². The number of carbonyl (C=O) groups is 1. The van der Waals surface area contributed by atoms with Crippen LogP contribution in [0.2, 0.25) is 0 Å². The van der Waals surface area contributed by atoms with Crippen molar-refractivity contribution >= 4 is 49.0 Å². The SMILES string of the molecule is CCCCC(=O)OC(C)(O[P+](=O)O)C(Cl)(Cl)Cl. The second-order valence-corrected chi connectivity index (χ2v) is 6.29. The molecule has 0 aromatic heterocycles. The van der Waals surface area contributed by atoms with Crippen molar-refractivity contribution in [2.24, 2.45) is 0 Å². The Hall–Kier alpha value is 0.360. The molecule has 0 rings (SSSR count). The van der Waals surface area contributed by atoms with Gasteiger partial charge in [0.1, 0.15) is 0 Å². The van der Waals surface area contributed by atoms with Crippen LogP contribution in [0.15, 0.2) is 0 Å². The molecule has 0 aromatic rings. The number of hydrogen-bond acceptors (Lipinski definition) is 4. The molecule has 2 unspecified atom stereocenters. The fourth-order valence-corrected chi connectivity index (χ4v) is 1.73. The third-order valence-corrected chi connectivity index (χ3v) is 3.34. The lowest BCUT2D eigenvalue weighted by atomic mass is 10.2. The van der Waals surface area contributed by atoms with Gasteiger partial charge in [-0.15, -0.1) is 4.89 Å². The molecule has 1 N–H and O–H groups in total. The van der Waals surface area contributed by atoms with Crippen molar-refractivity contribution in [1.82, 2.24) is 0 Å². The normalized spacial score (nSPS) is 16.2. The Kier molecular flexibility index (Phi) is 7.22. The largest absolute Gasteiger partial charge is 0.699 e. The Bertz CT molecular complexity index is 293. The second kappa shape index (κ2) is 7.07. The Morgan fingerprint density at radius 1 is 1.41 bits per heavy atom. The molecule has 5 nitrogen and oxygen atoms in total. The molecule has 0 spiro atoms. The maximum Gasteiger partial charge on any atom is 0.699 e. The van der Waals surface area contributed by atoms with Gasteiger partial charge in [0.25, 0.3) is 3.79 Å². The van der Waals surface area contributed by atoms with Gasteiger partial charge in [-0.05, 0) is 6.42 Å². The Morgan fingerprint density at radius 3 is 2.29 bits per heavy atom. The summed E-state index contributed by atoms with van der Waals surface area (Å²) in [4.78, 5) is 20.1. The van der Waals surface area contributed by atoms with Crippen molar-refractivity contribution in [3.63, 3.8) is 0 Å². The van der Waals surface area contributed by atoms with E-state index in [0.29, 0.717) is 6.42 Å². The summed E-state index contributed by atoms with van der Waals surface area (Å²) >= 11 is 16.7. The molecule has 0 bridgehead atoms. The summed E-state index contributed by atoms with van der Waals surface area (Å²) in [6.45, 7) is 3.00. The zero-order valence-electron chi connectivity index (χ0n) is 9.28. The highest BCUT2D eigenvalue weighted by Crippen LogP contribution is 2.45. The molecule has 0 aromatic carbocycles. The summed E-state index contributed by atoms with van der Waals surface area (Å²) < 4.78 is 17.7. The molecule has 0 amide bonds. The van der Waals surface area contributed by atoms with E-state index < -0.39 is 23.8 Å². The van der Waals surface area contributed by atoms with Crippen LogP contribution in [0.3, 0.4) is 0 Å². The van der Waals surface area contributed by atoms with Gasteiger partial charge in [-0.25, -0.2) is 0 Å². The van der Waals surface area contributed by atoms with Gasteiger partial charge in [0, 0.05) is 17.9 Å². The van der Waals surface area contributed by atoms with Gasteiger partial charge in [-0.1, -0.05) is 52.7 Å². The van der Waals surface area contributed by atoms with Crippen LogP contribution in [0, 0.1) is 0 Å². The van der Waals surface area contributed by atoms with Gasteiger partial charge in [0.2, 0.25) is 0 Å². The Balaban J connectivity index is 4.71. The lowest BCUT2D eigenvalue weighted by Gasteiger charge is -2.29. The number of hydrogen-bond donors (Lipinski definition) is 1. The first kappa shape index (κ1) is 17.4. The average Bonchev–Trinajstić information content (AvgIpc) is 2.11. The van der Waals surface area contributed by atoms with Gasteiger partial charge in [0.15, 0.2) is 0 Å². The van der Waals surface area contributed by atoms with Crippen LogP contribution in [0.25, 0.3) is 0 Å². The highest BCUT2D eigenvalue weighted by atomic mass is 35.6.